The Morgan fingerprint density at radius 3 is 3.12 bits per heavy atom. The fourth-order valence-corrected chi connectivity index (χ4v) is 3.00. The number of aromatic nitrogens is 5. The molecule has 2 aromatic heterocycles. The van der Waals surface area contributed by atoms with E-state index in [-0.39, 0.29) is 0 Å². The number of thioether (sulfide) groups is 1. The van der Waals surface area contributed by atoms with Crippen LogP contribution >= 0.6 is 23.1 Å². The average molecular weight is 254 g/mol. The van der Waals surface area contributed by atoms with Crippen molar-refractivity contribution in [2.45, 2.75) is 29.8 Å². The first-order valence-corrected chi connectivity index (χ1v) is 6.74. The Hall–Kier alpha value is -1.15. The van der Waals surface area contributed by atoms with Crippen molar-refractivity contribution in [2.24, 2.45) is 0 Å². The molecule has 2 N–H and O–H groups in total. The third kappa shape index (κ3) is 2.03. The number of hydrogen-bond donors (Lipinski definition) is 1. The molecule has 0 bridgehead atoms. The first-order valence-electron chi connectivity index (χ1n) is 4.94. The SMILES string of the molecule is Nc1ncc(CSc2nnnn2C2CC2)s1. The topological polar surface area (TPSA) is 82.5 Å². The van der Waals surface area contributed by atoms with Gasteiger partial charge in [-0.05, 0) is 23.3 Å². The lowest BCUT2D eigenvalue weighted by atomic mass is 10.6. The number of thiazole rings is 1. The zero-order valence-corrected chi connectivity index (χ0v) is 10.0. The van der Waals surface area contributed by atoms with Gasteiger partial charge < -0.3 is 5.73 Å². The molecule has 1 fully saturated rings. The number of tetrazole rings is 1. The number of rotatable bonds is 4. The predicted molar refractivity (Wildman–Crippen MR) is 62.2 cm³/mol. The lowest BCUT2D eigenvalue weighted by Gasteiger charge is -1.99. The largest absolute Gasteiger partial charge is 0.375 e. The third-order valence-electron chi connectivity index (χ3n) is 2.27. The second-order valence-electron chi connectivity index (χ2n) is 3.59. The summed E-state index contributed by atoms with van der Waals surface area (Å²) in [7, 11) is 0. The number of hydrogen-bond acceptors (Lipinski definition) is 7. The molecule has 1 aliphatic rings. The Labute approximate surface area is 100 Å². The number of nitrogens with two attached hydrogens (primary N) is 1. The molecule has 16 heavy (non-hydrogen) atoms. The van der Waals surface area contributed by atoms with Crippen LogP contribution in [-0.2, 0) is 5.75 Å². The van der Waals surface area contributed by atoms with Crippen LogP contribution in [0.25, 0.3) is 0 Å². The summed E-state index contributed by atoms with van der Waals surface area (Å²) in [5, 5.41) is 13.2. The van der Waals surface area contributed by atoms with Crippen molar-refractivity contribution >= 4 is 28.2 Å². The van der Waals surface area contributed by atoms with E-state index < -0.39 is 0 Å². The Morgan fingerprint density at radius 1 is 1.56 bits per heavy atom. The zero-order chi connectivity index (χ0) is 11.0. The van der Waals surface area contributed by atoms with Crippen molar-refractivity contribution in [1.82, 2.24) is 25.2 Å². The highest BCUT2D eigenvalue weighted by Gasteiger charge is 2.27. The monoisotopic (exact) mass is 254 g/mol. The molecule has 1 saturated carbocycles. The Balaban J connectivity index is 1.67. The average Bonchev–Trinajstić information content (AvgIpc) is 2.86. The minimum absolute atomic E-state index is 0.518. The van der Waals surface area contributed by atoms with Gasteiger partial charge in [-0.25, -0.2) is 9.67 Å². The quantitative estimate of drug-likeness (QED) is 0.829. The second kappa shape index (κ2) is 4.02. The molecular formula is C8H10N6S2. The van der Waals surface area contributed by atoms with Gasteiger partial charge in [0.15, 0.2) is 5.13 Å². The second-order valence-corrected chi connectivity index (χ2v) is 5.68. The van der Waals surface area contributed by atoms with Crippen LogP contribution in [0.15, 0.2) is 11.4 Å². The van der Waals surface area contributed by atoms with Crippen molar-refractivity contribution in [1.29, 1.82) is 0 Å². The molecule has 0 spiro atoms. The molecule has 0 atom stereocenters. The molecule has 0 amide bonds. The van der Waals surface area contributed by atoms with Gasteiger partial charge in [0.25, 0.3) is 0 Å². The Morgan fingerprint density at radius 2 is 2.44 bits per heavy atom. The fourth-order valence-electron chi connectivity index (χ4n) is 1.35. The smallest absolute Gasteiger partial charge is 0.209 e. The van der Waals surface area contributed by atoms with Crippen LogP contribution in [0, 0.1) is 0 Å². The van der Waals surface area contributed by atoms with Gasteiger partial charge in [0.1, 0.15) is 0 Å². The summed E-state index contributed by atoms with van der Waals surface area (Å²) >= 11 is 3.14. The number of anilines is 1. The van der Waals surface area contributed by atoms with Gasteiger partial charge >= 0.3 is 0 Å². The van der Waals surface area contributed by atoms with Gasteiger partial charge in [-0.1, -0.05) is 11.8 Å². The van der Waals surface area contributed by atoms with Crippen molar-refractivity contribution in [3.05, 3.63) is 11.1 Å². The molecule has 1 aliphatic carbocycles. The van der Waals surface area contributed by atoms with Gasteiger partial charge in [0.05, 0.1) is 6.04 Å². The summed E-state index contributed by atoms with van der Waals surface area (Å²) in [5.41, 5.74) is 5.57. The maximum absolute atomic E-state index is 5.57. The maximum Gasteiger partial charge on any atom is 0.209 e. The van der Waals surface area contributed by atoms with Crippen molar-refractivity contribution in [2.75, 3.05) is 5.73 Å². The Bertz CT molecular complexity index is 488. The van der Waals surface area contributed by atoms with Crippen LogP contribution in [0.4, 0.5) is 5.13 Å². The van der Waals surface area contributed by atoms with E-state index in [1.54, 1.807) is 18.0 Å². The lowest BCUT2D eigenvalue weighted by Crippen LogP contribution is -1.98. The normalized spacial score (nSPS) is 15.5. The molecule has 2 aromatic rings. The van der Waals surface area contributed by atoms with E-state index in [9.17, 15) is 0 Å². The molecular weight excluding hydrogens is 244 g/mol. The molecule has 0 radical (unpaired) electrons. The molecule has 84 valence electrons. The van der Waals surface area contributed by atoms with Gasteiger partial charge in [-0.3, -0.25) is 0 Å². The van der Waals surface area contributed by atoms with Crippen molar-refractivity contribution in [3.8, 4) is 0 Å². The first-order chi connectivity index (χ1) is 7.83. The molecule has 3 rings (SSSR count). The van der Waals surface area contributed by atoms with Crippen LogP contribution in [0.2, 0.25) is 0 Å². The maximum atomic E-state index is 5.57. The van der Waals surface area contributed by atoms with Gasteiger partial charge in [-0.15, -0.1) is 16.4 Å². The third-order valence-corrected chi connectivity index (χ3v) is 4.26. The first kappa shape index (κ1) is 10.0. The highest BCUT2D eigenvalue weighted by Crippen LogP contribution is 2.37. The van der Waals surface area contributed by atoms with Crippen molar-refractivity contribution in [3.63, 3.8) is 0 Å². The zero-order valence-electron chi connectivity index (χ0n) is 8.41. The summed E-state index contributed by atoms with van der Waals surface area (Å²) in [4.78, 5) is 5.16. The van der Waals surface area contributed by atoms with Crippen molar-refractivity contribution < 1.29 is 0 Å². The molecule has 8 heteroatoms. The highest BCUT2D eigenvalue weighted by molar-refractivity contribution is 7.98. The van der Waals surface area contributed by atoms with E-state index in [2.05, 4.69) is 20.5 Å². The molecule has 0 aliphatic heterocycles. The van der Waals surface area contributed by atoms with Gasteiger partial charge in [0.2, 0.25) is 5.16 Å². The molecule has 0 aromatic carbocycles. The molecule has 0 saturated heterocycles. The van der Waals surface area contributed by atoms with Crippen LogP contribution in [0.5, 0.6) is 0 Å². The fraction of sp³-hybridized carbons (Fsp3) is 0.500. The number of nitrogens with zero attached hydrogens (tertiary/aromatic N) is 5. The van der Waals surface area contributed by atoms with E-state index in [1.165, 1.54) is 24.2 Å². The molecule has 6 nitrogen and oxygen atoms in total. The van der Waals surface area contributed by atoms with E-state index in [0.717, 1.165) is 15.8 Å². The van der Waals surface area contributed by atoms with Gasteiger partial charge in [0, 0.05) is 16.8 Å². The van der Waals surface area contributed by atoms with E-state index in [1.807, 2.05) is 4.68 Å². The van der Waals surface area contributed by atoms with E-state index in [0.29, 0.717) is 11.2 Å². The van der Waals surface area contributed by atoms with Crippen LogP contribution in [0.1, 0.15) is 23.8 Å². The van der Waals surface area contributed by atoms with Crippen LogP contribution in [0.3, 0.4) is 0 Å². The van der Waals surface area contributed by atoms with Crippen LogP contribution in [-0.4, -0.2) is 25.2 Å². The predicted octanol–water partition coefficient (Wildman–Crippen LogP) is 1.34. The molecule has 2 heterocycles. The van der Waals surface area contributed by atoms with E-state index in [4.69, 9.17) is 5.73 Å². The highest BCUT2D eigenvalue weighted by atomic mass is 32.2. The summed E-state index contributed by atoms with van der Waals surface area (Å²) in [6.07, 6.45) is 4.18. The summed E-state index contributed by atoms with van der Waals surface area (Å²) < 4.78 is 1.91. The minimum Gasteiger partial charge on any atom is -0.375 e. The summed E-state index contributed by atoms with van der Waals surface area (Å²) in [6, 6.07) is 0.518. The minimum atomic E-state index is 0.518. The van der Waals surface area contributed by atoms with E-state index >= 15 is 0 Å². The summed E-state index contributed by atoms with van der Waals surface area (Å²) in [6.45, 7) is 0. The standard InChI is InChI=1S/C8H10N6S2/c9-7-10-3-6(16-7)4-15-8-11-12-13-14(8)5-1-2-5/h3,5H,1-2,4H2,(H2,9,10). The Kier molecular flexibility index (Phi) is 2.52. The lowest BCUT2D eigenvalue weighted by molar-refractivity contribution is 0.565. The van der Waals surface area contributed by atoms with Crippen LogP contribution < -0.4 is 5.73 Å². The molecule has 0 unspecified atom stereocenters. The van der Waals surface area contributed by atoms with Gasteiger partial charge in [-0.2, -0.15) is 0 Å². The number of nitrogen functional groups attached to an aromatic ring is 1. The summed E-state index contributed by atoms with van der Waals surface area (Å²) in [5.74, 6) is 0.821.